The summed E-state index contributed by atoms with van der Waals surface area (Å²) in [6.45, 7) is 1.26. The number of nitrogens with zero attached hydrogens (tertiary/aromatic N) is 1. The highest BCUT2D eigenvalue weighted by molar-refractivity contribution is 14.1. The van der Waals surface area contributed by atoms with Crippen LogP contribution in [-0.4, -0.2) is 24.6 Å². The summed E-state index contributed by atoms with van der Waals surface area (Å²) in [5.41, 5.74) is 1.06. The van der Waals surface area contributed by atoms with Gasteiger partial charge in [-0.2, -0.15) is 0 Å². The van der Waals surface area contributed by atoms with Gasteiger partial charge >= 0.3 is 6.09 Å². The summed E-state index contributed by atoms with van der Waals surface area (Å²) >= 11 is 2.08. The third kappa shape index (κ3) is 3.16. The lowest BCUT2D eigenvalue weighted by Crippen LogP contribution is -2.36. The number of carbonyl (C=O) groups excluding carboxylic acids is 1. The minimum Gasteiger partial charge on any atom is -0.497 e. The van der Waals surface area contributed by atoms with Crippen LogP contribution in [0.2, 0.25) is 0 Å². The number of hydrogen-bond donors (Lipinski definition) is 0. The van der Waals surface area contributed by atoms with E-state index < -0.39 is 0 Å². The molecule has 18 heavy (non-hydrogen) atoms. The molecule has 1 aromatic rings. The molecule has 2 rings (SSSR count). The van der Waals surface area contributed by atoms with E-state index in [-0.39, 0.29) is 6.09 Å². The lowest BCUT2D eigenvalue weighted by Gasteiger charge is -2.27. The smallest absolute Gasteiger partial charge is 0.415 e. The second-order valence-corrected chi connectivity index (χ2v) is 4.59. The number of halogens is 1. The third-order valence-corrected chi connectivity index (χ3v) is 3.45. The molecule has 0 atom stereocenters. The first-order chi connectivity index (χ1) is 8.72. The van der Waals surface area contributed by atoms with Gasteiger partial charge in [0.1, 0.15) is 11.5 Å². The Morgan fingerprint density at radius 3 is 2.72 bits per heavy atom. The number of carbonyl (C=O) groups is 1. The molecule has 4 nitrogen and oxygen atoms in total. The Hall–Kier alpha value is -1.24. The first-order valence-electron chi connectivity index (χ1n) is 5.62. The maximum absolute atomic E-state index is 11.7. The molecule has 1 fully saturated rings. The van der Waals surface area contributed by atoms with Gasteiger partial charge in [0, 0.05) is 23.6 Å². The second kappa shape index (κ2) is 6.08. The summed E-state index contributed by atoms with van der Waals surface area (Å²) in [4.78, 5) is 13.4. The molecule has 0 aromatic heterocycles. The van der Waals surface area contributed by atoms with Crippen LogP contribution in [0.4, 0.5) is 4.79 Å². The van der Waals surface area contributed by atoms with E-state index in [1.807, 2.05) is 24.3 Å². The maximum Gasteiger partial charge on any atom is 0.415 e. The third-order valence-electron chi connectivity index (χ3n) is 2.76. The van der Waals surface area contributed by atoms with E-state index in [1.165, 1.54) is 0 Å². The average Bonchev–Trinajstić information content (AvgIpc) is 2.42. The van der Waals surface area contributed by atoms with Gasteiger partial charge in [-0.3, -0.25) is 0 Å². The van der Waals surface area contributed by atoms with Gasteiger partial charge in [-0.1, -0.05) is 12.1 Å². The molecular formula is C13H14INO3. The lowest BCUT2D eigenvalue weighted by molar-refractivity contribution is 0.102. The van der Waals surface area contributed by atoms with E-state index in [2.05, 4.69) is 22.6 Å². The fraction of sp³-hybridized carbons (Fsp3) is 0.308. The van der Waals surface area contributed by atoms with Crippen LogP contribution >= 0.6 is 22.6 Å². The normalized spacial score (nSPS) is 17.8. The van der Waals surface area contributed by atoms with Crippen LogP contribution in [0.25, 0.3) is 0 Å². The number of amides is 1. The molecule has 1 aromatic carbocycles. The molecule has 1 aliphatic rings. The predicted molar refractivity (Wildman–Crippen MR) is 76.6 cm³/mol. The Kier molecular flexibility index (Phi) is 4.46. The van der Waals surface area contributed by atoms with Crippen molar-refractivity contribution in [2.75, 3.05) is 13.7 Å². The van der Waals surface area contributed by atoms with Crippen LogP contribution < -0.4 is 4.74 Å². The molecule has 0 aliphatic carbocycles. The fourth-order valence-corrected chi connectivity index (χ4v) is 2.17. The van der Waals surface area contributed by atoms with Crippen molar-refractivity contribution in [2.45, 2.75) is 13.0 Å². The van der Waals surface area contributed by atoms with Crippen molar-refractivity contribution in [3.05, 3.63) is 39.7 Å². The molecular weight excluding hydrogens is 345 g/mol. The fourth-order valence-electron chi connectivity index (χ4n) is 1.74. The van der Waals surface area contributed by atoms with E-state index in [1.54, 1.807) is 16.1 Å². The van der Waals surface area contributed by atoms with Gasteiger partial charge in [0.05, 0.1) is 7.11 Å². The van der Waals surface area contributed by atoms with Crippen molar-refractivity contribution in [2.24, 2.45) is 0 Å². The van der Waals surface area contributed by atoms with Crippen molar-refractivity contribution >= 4 is 28.7 Å². The largest absolute Gasteiger partial charge is 0.497 e. The van der Waals surface area contributed by atoms with Crippen LogP contribution in [-0.2, 0) is 11.3 Å². The highest BCUT2D eigenvalue weighted by Gasteiger charge is 2.22. The summed E-state index contributed by atoms with van der Waals surface area (Å²) in [6.07, 6.45) is 0.491. The number of rotatable bonds is 3. The zero-order valence-electron chi connectivity index (χ0n) is 10.1. The molecule has 1 saturated heterocycles. The van der Waals surface area contributed by atoms with Crippen molar-refractivity contribution < 1.29 is 14.3 Å². The Labute approximate surface area is 120 Å². The monoisotopic (exact) mass is 359 g/mol. The van der Waals surface area contributed by atoms with Gasteiger partial charge in [0.2, 0.25) is 0 Å². The standard InChI is InChI=1S/C13H14INO3/c1-17-11-4-2-10(3-5-11)9-15-7-6-12(8-14)18-13(15)16/h2-5,8H,6-7,9H2,1H3/b12-8+. The molecule has 0 spiro atoms. The van der Waals surface area contributed by atoms with Gasteiger partial charge in [0.15, 0.2) is 0 Å². The summed E-state index contributed by atoms with van der Waals surface area (Å²) in [5, 5.41) is 0. The van der Waals surface area contributed by atoms with Crippen molar-refractivity contribution in [3.63, 3.8) is 0 Å². The van der Waals surface area contributed by atoms with Crippen LogP contribution in [0.1, 0.15) is 12.0 Å². The number of methoxy groups -OCH3 is 1. The molecule has 96 valence electrons. The highest BCUT2D eigenvalue weighted by atomic mass is 127. The zero-order chi connectivity index (χ0) is 13.0. The summed E-state index contributed by atoms with van der Waals surface area (Å²) < 4.78 is 12.1. The SMILES string of the molecule is COc1ccc(CN2CC/C(=C\I)OC2=O)cc1. The number of cyclic esters (lactones) is 1. The number of benzene rings is 1. The van der Waals surface area contributed by atoms with Crippen molar-refractivity contribution in [3.8, 4) is 5.75 Å². The first-order valence-corrected chi connectivity index (χ1v) is 6.86. The van der Waals surface area contributed by atoms with Crippen LogP contribution in [0.3, 0.4) is 0 Å². The molecule has 1 amide bonds. The lowest BCUT2D eigenvalue weighted by atomic mass is 10.2. The molecule has 0 bridgehead atoms. The summed E-state index contributed by atoms with van der Waals surface area (Å²) in [7, 11) is 1.63. The number of hydrogen-bond acceptors (Lipinski definition) is 3. The van der Waals surface area contributed by atoms with Crippen LogP contribution in [0.5, 0.6) is 5.75 Å². The Morgan fingerprint density at radius 1 is 1.44 bits per heavy atom. The summed E-state index contributed by atoms with van der Waals surface area (Å²) in [5.74, 6) is 1.56. The minimum absolute atomic E-state index is 0.278. The topological polar surface area (TPSA) is 38.8 Å². The van der Waals surface area contributed by atoms with Crippen LogP contribution in [0, 0.1) is 0 Å². The molecule has 1 aliphatic heterocycles. The van der Waals surface area contributed by atoms with E-state index >= 15 is 0 Å². The predicted octanol–water partition coefficient (Wildman–Crippen LogP) is 3.31. The Morgan fingerprint density at radius 2 is 2.17 bits per heavy atom. The second-order valence-electron chi connectivity index (χ2n) is 3.96. The van der Waals surface area contributed by atoms with Crippen LogP contribution in [0.15, 0.2) is 34.1 Å². The quantitative estimate of drug-likeness (QED) is 0.778. The zero-order valence-corrected chi connectivity index (χ0v) is 12.2. The van der Waals surface area contributed by atoms with E-state index in [0.717, 1.165) is 23.5 Å². The van der Waals surface area contributed by atoms with E-state index in [4.69, 9.17) is 9.47 Å². The van der Waals surface area contributed by atoms with Gasteiger partial charge < -0.3 is 14.4 Å². The minimum atomic E-state index is -0.278. The average molecular weight is 359 g/mol. The highest BCUT2D eigenvalue weighted by Crippen LogP contribution is 2.20. The molecule has 1 heterocycles. The molecule has 0 saturated carbocycles. The molecule has 5 heteroatoms. The van der Waals surface area contributed by atoms with Crippen molar-refractivity contribution in [1.29, 1.82) is 0 Å². The van der Waals surface area contributed by atoms with E-state index in [9.17, 15) is 4.79 Å². The summed E-state index contributed by atoms with van der Waals surface area (Å²) in [6, 6.07) is 7.69. The van der Waals surface area contributed by atoms with Gasteiger partial charge in [0.25, 0.3) is 0 Å². The van der Waals surface area contributed by atoms with Gasteiger partial charge in [-0.15, -0.1) is 0 Å². The first kappa shape index (κ1) is 13.2. The van der Waals surface area contributed by atoms with Crippen molar-refractivity contribution in [1.82, 2.24) is 4.90 Å². The molecule has 0 unspecified atom stereocenters. The van der Waals surface area contributed by atoms with Gasteiger partial charge in [-0.05, 0) is 40.3 Å². The van der Waals surface area contributed by atoms with Gasteiger partial charge in [-0.25, -0.2) is 4.79 Å². The molecule has 0 N–H and O–H groups in total. The number of ether oxygens (including phenoxy) is 2. The Balaban J connectivity index is 1.99. The maximum atomic E-state index is 11.7. The Bertz CT molecular complexity index is 456. The molecule has 0 radical (unpaired) electrons. The van der Waals surface area contributed by atoms with E-state index in [0.29, 0.717) is 13.1 Å².